The van der Waals surface area contributed by atoms with Crippen LogP contribution < -0.4 is 15.0 Å². The quantitative estimate of drug-likeness (QED) is 0.608. The van der Waals surface area contributed by atoms with Crippen LogP contribution in [0.3, 0.4) is 0 Å². The van der Waals surface area contributed by atoms with Crippen LogP contribution in [0.4, 0.5) is 17.5 Å². The average molecular weight is 378 g/mol. The zero-order chi connectivity index (χ0) is 19.3. The first-order valence-electron chi connectivity index (χ1n) is 9.86. The third-order valence-electron chi connectivity index (χ3n) is 5.11. The lowest BCUT2D eigenvalue weighted by atomic mass is 10.0. The first-order chi connectivity index (χ1) is 13.8. The number of para-hydroxylation sites is 1. The van der Waals surface area contributed by atoms with E-state index in [1.165, 1.54) is 11.3 Å². The zero-order valence-corrected chi connectivity index (χ0v) is 16.2. The van der Waals surface area contributed by atoms with E-state index in [9.17, 15) is 0 Å². The number of hydrogen-bond donors (Lipinski definition) is 2. The molecule has 0 unspecified atom stereocenters. The Balaban J connectivity index is 1.74. The Morgan fingerprint density at radius 3 is 2.89 bits per heavy atom. The third kappa shape index (κ3) is 3.73. The molecule has 0 bridgehead atoms. The van der Waals surface area contributed by atoms with Crippen molar-refractivity contribution in [1.29, 1.82) is 0 Å². The zero-order valence-electron chi connectivity index (χ0n) is 16.2. The number of anilines is 3. The van der Waals surface area contributed by atoms with E-state index in [0.717, 1.165) is 61.2 Å². The summed E-state index contributed by atoms with van der Waals surface area (Å²) in [5.74, 6) is 2.45. The van der Waals surface area contributed by atoms with Gasteiger partial charge in [0.1, 0.15) is 11.6 Å². The van der Waals surface area contributed by atoms with Crippen molar-refractivity contribution in [1.82, 2.24) is 9.97 Å². The van der Waals surface area contributed by atoms with Crippen LogP contribution in [0.25, 0.3) is 10.9 Å². The number of nitrogens with one attached hydrogen (secondary N) is 1. The summed E-state index contributed by atoms with van der Waals surface area (Å²) in [6, 6.07) is 14.4. The molecule has 4 rings (SSSR count). The number of aliphatic hydroxyl groups is 1. The maximum Gasteiger partial charge on any atom is 0.225 e. The number of methoxy groups -OCH3 is 1. The van der Waals surface area contributed by atoms with Gasteiger partial charge < -0.3 is 20.1 Å². The Bertz CT molecular complexity index is 960. The molecule has 0 aliphatic carbocycles. The standard InChI is InChI=1S/C22H26N4O2/c1-28-17-10-11-20-16(15-17)7-6-13-26(20)21-18-8-2-3-9-19(18)24-22(25-21)23-12-4-5-14-27/h2-3,8-11,15,27H,4-7,12-14H2,1H3,(H,23,24,25). The Morgan fingerprint density at radius 2 is 2.04 bits per heavy atom. The molecule has 146 valence electrons. The van der Waals surface area contributed by atoms with Gasteiger partial charge >= 0.3 is 0 Å². The molecule has 6 heteroatoms. The molecule has 28 heavy (non-hydrogen) atoms. The minimum Gasteiger partial charge on any atom is -0.497 e. The van der Waals surface area contributed by atoms with Gasteiger partial charge in [-0.05, 0) is 61.6 Å². The van der Waals surface area contributed by atoms with Crippen molar-refractivity contribution in [2.24, 2.45) is 0 Å². The molecule has 0 radical (unpaired) electrons. The molecule has 1 aromatic heterocycles. The van der Waals surface area contributed by atoms with E-state index >= 15 is 0 Å². The summed E-state index contributed by atoms with van der Waals surface area (Å²) >= 11 is 0. The number of aliphatic hydroxyl groups excluding tert-OH is 1. The summed E-state index contributed by atoms with van der Waals surface area (Å²) in [7, 11) is 1.70. The van der Waals surface area contributed by atoms with E-state index in [4.69, 9.17) is 14.8 Å². The fraction of sp³-hybridized carbons (Fsp3) is 0.364. The molecule has 3 aromatic rings. The number of unbranched alkanes of at least 4 members (excludes halogenated alkanes) is 1. The topological polar surface area (TPSA) is 70.5 Å². The largest absolute Gasteiger partial charge is 0.497 e. The molecule has 1 aliphatic rings. The summed E-state index contributed by atoms with van der Waals surface area (Å²) in [4.78, 5) is 11.8. The van der Waals surface area contributed by atoms with Crippen LogP contribution in [-0.2, 0) is 6.42 Å². The van der Waals surface area contributed by atoms with Crippen molar-refractivity contribution in [3.63, 3.8) is 0 Å². The number of nitrogens with zero attached hydrogens (tertiary/aromatic N) is 3. The molecule has 2 N–H and O–H groups in total. The number of fused-ring (bicyclic) bond motifs is 2. The molecule has 1 aliphatic heterocycles. The summed E-state index contributed by atoms with van der Waals surface area (Å²) in [6.07, 6.45) is 3.76. The first-order valence-corrected chi connectivity index (χ1v) is 9.86. The second-order valence-electron chi connectivity index (χ2n) is 7.00. The van der Waals surface area contributed by atoms with Gasteiger partial charge in [0.2, 0.25) is 5.95 Å². The maximum absolute atomic E-state index is 8.97. The van der Waals surface area contributed by atoms with Gasteiger partial charge in [-0.25, -0.2) is 4.98 Å². The monoisotopic (exact) mass is 378 g/mol. The molecule has 0 saturated carbocycles. The number of benzene rings is 2. The summed E-state index contributed by atoms with van der Waals surface area (Å²) in [5.41, 5.74) is 3.39. The van der Waals surface area contributed by atoms with Crippen LogP contribution in [0.1, 0.15) is 24.8 Å². The highest BCUT2D eigenvalue weighted by molar-refractivity contribution is 5.93. The van der Waals surface area contributed by atoms with Gasteiger partial charge in [0.15, 0.2) is 0 Å². The van der Waals surface area contributed by atoms with E-state index < -0.39 is 0 Å². The van der Waals surface area contributed by atoms with Gasteiger partial charge in [-0.15, -0.1) is 0 Å². The van der Waals surface area contributed by atoms with Gasteiger partial charge in [0.25, 0.3) is 0 Å². The Hall–Kier alpha value is -2.86. The van der Waals surface area contributed by atoms with E-state index in [2.05, 4.69) is 33.4 Å². The lowest BCUT2D eigenvalue weighted by Gasteiger charge is -2.31. The molecule has 0 atom stereocenters. The van der Waals surface area contributed by atoms with Crippen molar-refractivity contribution in [3.8, 4) is 5.75 Å². The Morgan fingerprint density at radius 1 is 1.14 bits per heavy atom. The maximum atomic E-state index is 8.97. The van der Waals surface area contributed by atoms with Crippen molar-refractivity contribution < 1.29 is 9.84 Å². The van der Waals surface area contributed by atoms with Crippen molar-refractivity contribution in [2.75, 3.05) is 37.0 Å². The van der Waals surface area contributed by atoms with Crippen LogP contribution in [-0.4, -0.2) is 41.9 Å². The molecular formula is C22H26N4O2. The second kappa shape index (κ2) is 8.44. The van der Waals surface area contributed by atoms with E-state index in [-0.39, 0.29) is 6.61 Å². The Labute approximate surface area is 165 Å². The van der Waals surface area contributed by atoms with E-state index in [1.807, 2.05) is 24.3 Å². The highest BCUT2D eigenvalue weighted by Crippen LogP contribution is 2.37. The fourth-order valence-electron chi connectivity index (χ4n) is 3.70. The Kier molecular flexibility index (Phi) is 5.58. The van der Waals surface area contributed by atoms with Gasteiger partial charge in [-0.3, -0.25) is 0 Å². The lowest BCUT2D eigenvalue weighted by Crippen LogP contribution is -2.26. The third-order valence-corrected chi connectivity index (χ3v) is 5.11. The molecule has 0 fully saturated rings. The number of hydrogen-bond acceptors (Lipinski definition) is 6. The lowest BCUT2D eigenvalue weighted by molar-refractivity contribution is 0.286. The molecule has 0 spiro atoms. The summed E-state index contributed by atoms with van der Waals surface area (Å²) in [6.45, 7) is 1.87. The van der Waals surface area contributed by atoms with Crippen LogP contribution in [0.5, 0.6) is 5.75 Å². The first kappa shape index (κ1) is 18.5. The number of aromatic nitrogens is 2. The normalized spacial score (nSPS) is 13.4. The fourth-order valence-corrected chi connectivity index (χ4v) is 3.70. The van der Waals surface area contributed by atoms with Crippen LogP contribution >= 0.6 is 0 Å². The van der Waals surface area contributed by atoms with Crippen molar-refractivity contribution >= 4 is 28.4 Å². The predicted octanol–water partition coefficient (Wildman–Crippen LogP) is 3.91. The molecule has 0 amide bonds. The van der Waals surface area contributed by atoms with Crippen LogP contribution in [0, 0.1) is 0 Å². The smallest absolute Gasteiger partial charge is 0.225 e. The molecule has 2 aromatic carbocycles. The van der Waals surface area contributed by atoms with Crippen molar-refractivity contribution in [2.45, 2.75) is 25.7 Å². The highest BCUT2D eigenvalue weighted by Gasteiger charge is 2.22. The summed E-state index contributed by atoms with van der Waals surface area (Å²) in [5, 5.41) is 13.3. The molecule has 0 saturated heterocycles. The minimum absolute atomic E-state index is 0.208. The number of aryl methyl sites for hydroxylation is 1. The molecular weight excluding hydrogens is 352 g/mol. The van der Waals surface area contributed by atoms with Gasteiger partial charge in [-0.2, -0.15) is 4.98 Å². The number of rotatable bonds is 7. The number of ether oxygens (including phenoxy) is 1. The molecule has 2 heterocycles. The molecule has 6 nitrogen and oxygen atoms in total. The van der Waals surface area contributed by atoms with Gasteiger partial charge in [-0.1, -0.05) is 12.1 Å². The van der Waals surface area contributed by atoms with Crippen molar-refractivity contribution in [3.05, 3.63) is 48.0 Å². The van der Waals surface area contributed by atoms with Gasteiger partial charge in [0, 0.05) is 30.8 Å². The summed E-state index contributed by atoms with van der Waals surface area (Å²) < 4.78 is 5.40. The second-order valence-corrected chi connectivity index (χ2v) is 7.00. The van der Waals surface area contributed by atoms with E-state index in [0.29, 0.717) is 5.95 Å². The minimum atomic E-state index is 0.208. The van der Waals surface area contributed by atoms with Crippen LogP contribution in [0.2, 0.25) is 0 Å². The SMILES string of the molecule is COc1ccc2c(c1)CCCN2c1nc(NCCCCO)nc2ccccc12. The highest BCUT2D eigenvalue weighted by atomic mass is 16.5. The predicted molar refractivity (Wildman–Crippen MR) is 113 cm³/mol. The average Bonchev–Trinajstić information content (AvgIpc) is 2.75. The van der Waals surface area contributed by atoms with Crippen LogP contribution in [0.15, 0.2) is 42.5 Å². The van der Waals surface area contributed by atoms with E-state index in [1.54, 1.807) is 7.11 Å². The van der Waals surface area contributed by atoms with Gasteiger partial charge in [0.05, 0.1) is 12.6 Å².